The fourth-order valence-corrected chi connectivity index (χ4v) is 6.32. The zero-order valence-corrected chi connectivity index (χ0v) is 20.2. The largest absolute Gasteiger partial charge is 0.389 e. The predicted molar refractivity (Wildman–Crippen MR) is 135 cm³/mol. The molecule has 0 bridgehead atoms. The number of sulfonamides is 1. The second-order valence-electron chi connectivity index (χ2n) is 7.90. The lowest BCUT2D eigenvalue weighted by atomic mass is 10.0. The van der Waals surface area contributed by atoms with Crippen LogP contribution in [0.2, 0.25) is 0 Å². The highest BCUT2D eigenvalue weighted by Crippen LogP contribution is 2.27. The molecule has 7 heteroatoms. The van der Waals surface area contributed by atoms with Crippen LogP contribution in [0.1, 0.15) is 22.8 Å². The fraction of sp³-hybridized carbons (Fsp3) is 0.185. The van der Waals surface area contributed by atoms with Crippen molar-refractivity contribution in [3.8, 4) is 0 Å². The van der Waals surface area contributed by atoms with E-state index >= 15 is 0 Å². The molecular formula is C27H27NO4S2. The summed E-state index contributed by atoms with van der Waals surface area (Å²) in [7, 11) is -3.76. The van der Waals surface area contributed by atoms with Crippen LogP contribution in [-0.2, 0) is 21.3 Å². The Balaban J connectivity index is 1.51. The molecule has 1 atom stereocenters. The fourth-order valence-electron chi connectivity index (χ4n) is 3.71. The molecule has 34 heavy (non-hydrogen) atoms. The molecule has 0 amide bonds. The molecule has 3 aromatic carbocycles. The maximum absolute atomic E-state index is 13.3. The van der Waals surface area contributed by atoms with Gasteiger partial charge in [-0.1, -0.05) is 97.1 Å². The summed E-state index contributed by atoms with van der Waals surface area (Å²) in [4.78, 5) is 0. The van der Waals surface area contributed by atoms with E-state index in [0.29, 0.717) is 0 Å². The second kappa shape index (κ2) is 11.6. The van der Waals surface area contributed by atoms with Gasteiger partial charge < -0.3 is 9.84 Å². The molecule has 1 aromatic heterocycles. The van der Waals surface area contributed by atoms with E-state index in [9.17, 15) is 13.5 Å². The molecule has 4 aromatic rings. The van der Waals surface area contributed by atoms with Crippen molar-refractivity contribution in [3.63, 3.8) is 0 Å². The lowest BCUT2D eigenvalue weighted by Gasteiger charge is -2.26. The summed E-state index contributed by atoms with van der Waals surface area (Å²) in [5.41, 5.74) is 2.78. The lowest BCUT2D eigenvalue weighted by molar-refractivity contribution is -0.000763. The number of aliphatic hydroxyl groups is 1. The van der Waals surface area contributed by atoms with Crippen LogP contribution in [0.5, 0.6) is 0 Å². The van der Waals surface area contributed by atoms with Crippen molar-refractivity contribution in [3.05, 3.63) is 125 Å². The van der Waals surface area contributed by atoms with Crippen LogP contribution in [0.4, 0.5) is 0 Å². The van der Waals surface area contributed by atoms with E-state index in [4.69, 9.17) is 4.74 Å². The molecular weight excluding hydrogens is 466 g/mol. The number of hydrogen-bond donors (Lipinski definition) is 1. The van der Waals surface area contributed by atoms with Crippen molar-refractivity contribution in [2.75, 3.05) is 13.2 Å². The van der Waals surface area contributed by atoms with E-state index in [1.165, 1.54) is 15.6 Å². The van der Waals surface area contributed by atoms with Gasteiger partial charge in [-0.25, -0.2) is 8.42 Å². The Morgan fingerprint density at radius 3 is 1.88 bits per heavy atom. The highest BCUT2D eigenvalue weighted by atomic mass is 32.2. The van der Waals surface area contributed by atoms with Crippen molar-refractivity contribution < 1.29 is 18.3 Å². The third kappa shape index (κ3) is 6.20. The normalized spacial score (nSPS) is 12.8. The quantitative estimate of drug-likeness (QED) is 0.315. The SMILES string of the molecule is O=S(=O)(c1cccs1)N(Cc1ccccc1)CC(O)COC(c1ccccc1)c1ccccc1. The molecule has 0 aliphatic carbocycles. The van der Waals surface area contributed by atoms with Gasteiger partial charge in [-0.15, -0.1) is 11.3 Å². The van der Waals surface area contributed by atoms with Crippen LogP contribution in [0.25, 0.3) is 0 Å². The van der Waals surface area contributed by atoms with Gasteiger partial charge in [0.15, 0.2) is 0 Å². The average molecular weight is 494 g/mol. The van der Waals surface area contributed by atoms with Crippen LogP contribution in [0, 0.1) is 0 Å². The van der Waals surface area contributed by atoms with Crippen molar-refractivity contribution in [2.24, 2.45) is 0 Å². The van der Waals surface area contributed by atoms with E-state index in [-0.39, 0.29) is 30.0 Å². The molecule has 0 fully saturated rings. The Labute approximate surface area is 204 Å². The molecule has 176 valence electrons. The molecule has 0 aliphatic rings. The van der Waals surface area contributed by atoms with Gasteiger partial charge in [-0.05, 0) is 28.1 Å². The molecule has 0 spiro atoms. The number of benzene rings is 3. The van der Waals surface area contributed by atoms with Crippen LogP contribution < -0.4 is 0 Å². The molecule has 5 nitrogen and oxygen atoms in total. The first-order valence-corrected chi connectivity index (χ1v) is 13.3. The van der Waals surface area contributed by atoms with Crippen LogP contribution >= 0.6 is 11.3 Å². The van der Waals surface area contributed by atoms with Gasteiger partial charge in [-0.2, -0.15) is 4.31 Å². The first-order valence-electron chi connectivity index (χ1n) is 11.0. The molecule has 1 N–H and O–H groups in total. The maximum Gasteiger partial charge on any atom is 0.252 e. The van der Waals surface area contributed by atoms with Crippen molar-refractivity contribution in [1.29, 1.82) is 0 Å². The summed E-state index contributed by atoms with van der Waals surface area (Å²) in [5.74, 6) is 0. The first kappa shape index (κ1) is 24.3. The van der Waals surface area contributed by atoms with E-state index in [1.807, 2.05) is 91.0 Å². The molecule has 1 unspecified atom stereocenters. The summed E-state index contributed by atoms with van der Waals surface area (Å²) in [6, 6.07) is 32.3. The Kier molecular flexibility index (Phi) is 8.26. The number of thiophene rings is 1. The third-order valence-electron chi connectivity index (χ3n) is 5.37. The minimum Gasteiger partial charge on any atom is -0.389 e. The van der Waals surface area contributed by atoms with Crippen LogP contribution in [0.3, 0.4) is 0 Å². The summed E-state index contributed by atoms with van der Waals surface area (Å²) in [6.07, 6.45) is -1.37. The smallest absolute Gasteiger partial charge is 0.252 e. The number of hydrogen-bond acceptors (Lipinski definition) is 5. The molecule has 4 rings (SSSR count). The van der Waals surface area contributed by atoms with Gasteiger partial charge in [0.25, 0.3) is 10.0 Å². The average Bonchev–Trinajstić information content (AvgIpc) is 3.42. The van der Waals surface area contributed by atoms with Gasteiger partial charge in [-0.3, -0.25) is 0 Å². The van der Waals surface area contributed by atoms with Gasteiger partial charge in [0.2, 0.25) is 0 Å². The summed E-state index contributed by atoms with van der Waals surface area (Å²) < 4.78 is 34.3. The van der Waals surface area contributed by atoms with Gasteiger partial charge >= 0.3 is 0 Å². The van der Waals surface area contributed by atoms with Crippen molar-refractivity contribution in [2.45, 2.75) is 23.0 Å². The van der Waals surface area contributed by atoms with E-state index in [1.54, 1.807) is 17.5 Å². The van der Waals surface area contributed by atoms with Crippen molar-refractivity contribution in [1.82, 2.24) is 4.31 Å². The first-order chi connectivity index (χ1) is 16.5. The van der Waals surface area contributed by atoms with Crippen molar-refractivity contribution >= 4 is 21.4 Å². The Bertz CT molecular complexity index is 1190. The molecule has 0 radical (unpaired) electrons. The van der Waals surface area contributed by atoms with E-state index in [0.717, 1.165) is 16.7 Å². The van der Waals surface area contributed by atoms with Gasteiger partial charge in [0.05, 0.1) is 12.7 Å². The summed E-state index contributed by atoms with van der Waals surface area (Å²) >= 11 is 1.17. The molecule has 0 aliphatic heterocycles. The number of ether oxygens (including phenoxy) is 1. The highest BCUT2D eigenvalue weighted by Gasteiger charge is 2.28. The van der Waals surface area contributed by atoms with E-state index in [2.05, 4.69) is 0 Å². The Hall–Kier alpha value is -2.81. The highest BCUT2D eigenvalue weighted by molar-refractivity contribution is 7.91. The monoisotopic (exact) mass is 493 g/mol. The third-order valence-corrected chi connectivity index (χ3v) is 8.55. The minimum absolute atomic E-state index is 0.0142. The topological polar surface area (TPSA) is 66.8 Å². The maximum atomic E-state index is 13.3. The Morgan fingerprint density at radius 2 is 1.35 bits per heavy atom. The minimum atomic E-state index is -3.76. The zero-order valence-electron chi connectivity index (χ0n) is 18.6. The molecule has 0 saturated heterocycles. The summed E-state index contributed by atoms with van der Waals surface area (Å²) in [5, 5.41) is 12.6. The van der Waals surface area contributed by atoms with E-state index < -0.39 is 16.1 Å². The standard InChI is InChI=1S/C27H27NO4S2/c29-25(21-32-27(23-13-6-2-7-14-23)24-15-8-3-9-16-24)20-28(19-22-11-4-1-5-12-22)34(30,31)26-17-10-18-33-26/h1-18,25,27,29H,19-21H2. The predicted octanol–water partition coefficient (Wildman–Crippen LogP) is 5.11. The number of nitrogens with zero attached hydrogens (tertiary/aromatic N) is 1. The van der Waals surface area contributed by atoms with Crippen LogP contribution in [0.15, 0.2) is 113 Å². The van der Waals surface area contributed by atoms with Crippen LogP contribution in [-0.4, -0.2) is 37.1 Å². The zero-order chi connectivity index (χ0) is 23.8. The lowest BCUT2D eigenvalue weighted by Crippen LogP contribution is -2.38. The number of aliphatic hydroxyl groups excluding tert-OH is 1. The Morgan fingerprint density at radius 1 is 0.794 bits per heavy atom. The molecule has 0 saturated carbocycles. The molecule has 1 heterocycles. The second-order valence-corrected chi connectivity index (χ2v) is 11.0. The number of rotatable bonds is 11. The van der Waals surface area contributed by atoms with Gasteiger partial charge in [0, 0.05) is 13.1 Å². The van der Waals surface area contributed by atoms with Gasteiger partial charge in [0.1, 0.15) is 10.3 Å². The summed E-state index contributed by atoms with van der Waals surface area (Å²) in [6.45, 7) is 0.0735.